The first-order chi connectivity index (χ1) is 9.56. The normalized spacial score (nSPS) is 12.3. The Balaban J connectivity index is 2.64. The zero-order valence-electron chi connectivity index (χ0n) is 13.2. The highest BCUT2D eigenvalue weighted by Crippen LogP contribution is 2.36. The number of carboxylic acids is 1. The van der Waals surface area contributed by atoms with Gasteiger partial charge < -0.3 is 14.3 Å². The number of carbonyl (C=O) groups is 1. The molecule has 118 valence electrons. The summed E-state index contributed by atoms with van der Waals surface area (Å²) in [6, 6.07) is 4.67. The van der Waals surface area contributed by atoms with Gasteiger partial charge in [0.2, 0.25) is 0 Å². The van der Waals surface area contributed by atoms with Gasteiger partial charge in [-0.3, -0.25) is 0 Å². The summed E-state index contributed by atoms with van der Waals surface area (Å²) in [5, 5.41) is 9.54. The molecule has 0 aliphatic heterocycles. The van der Waals surface area contributed by atoms with Gasteiger partial charge in [-0.25, -0.2) is 4.79 Å². The van der Waals surface area contributed by atoms with Crippen LogP contribution in [0.4, 0.5) is 0 Å². The first-order valence-electron chi connectivity index (χ1n) is 6.85. The van der Waals surface area contributed by atoms with Crippen LogP contribution in [0.25, 0.3) is 0 Å². The van der Waals surface area contributed by atoms with E-state index in [-0.39, 0.29) is 23.0 Å². The third kappa shape index (κ3) is 4.73. The van der Waals surface area contributed by atoms with Crippen LogP contribution in [0.3, 0.4) is 0 Å². The Labute approximate surface area is 132 Å². The summed E-state index contributed by atoms with van der Waals surface area (Å²) in [6.45, 7) is 11.5. The topological polar surface area (TPSA) is 55.8 Å². The van der Waals surface area contributed by atoms with Crippen LogP contribution in [-0.4, -0.2) is 32.6 Å². The molecule has 0 radical (unpaired) electrons. The van der Waals surface area contributed by atoms with Gasteiger partial charge in [0.25, 0.3) is 0 Å². The van der Waals surface area contributed by atoms with Crippen molar-refractivity contribution in [3.05, 3.63) is 28.8 Å². The Morgan fingerprint density at radius 3 is 2.43 bits per heavy atom. The summed E-state index contributed by atoms with van der Waals surface area (Å²) < 4.78 is 11.5. The quantitative estimate of drug-likeness (QED) is 0.619. The van der Waals surface area contributed by atoms with Crippen LogP contribution in [0, 0.1) is 0 Å². The maximum Gasteiger partial charge on any atom is 0.339 e. The molecule has 0 saturated carbocycles. The average molecular weight is 331 g/mol. The van der Waals surface area contributed by atoms with Crippen molar-refractivity contribution in [2.24, 2.45) is 0 Å². The van der Waals surface area contributed by atoms with Crippen LogP contribution < -0.4 is 4.74 Å². The van der Waals surface area contributed by atoms with Gasteiger partial charge in [-0.1, -0.05) is 38.4 Å². The van der Waals surface area contributed by atoms with Crippen LogP contribution >= 0.6 is 11.6 Å². The zero-order chi connectivity index (χ0) is 16.3. The molecule has 1 aromatic carbocycles. The molecule has 0 fully saturated rings. The third-order valence-corrected chi connectivity index (χ3v) is 8.63. The van der Waals surface area contributed by atoms with Crippen molar-refractivity contribution in [3.8, 4) is 5.75 Å². The van der Waals surface area contributed by atoms with Gasteiger partial charge in [0.15, 0.2) is 14.1 Å². The molecule has 0 aliphatic rings. The number of para-hydroxylation sites is 1. The lowest BCUT2D eigenvalue weighted by molar-refractivity contribution is 0.0691. The second kappa shape index (κ2) is 6.81. The standard InChI is InChI=1S/C15H23ClO4Si/c1-15(2,3)21(4,5)20-10-9-19-13-11(14(17)18)7-6-8-12(13)16/h6-8H,9-10H2,1-5H3,(H,17,18). The van der Waals surface area contributed by atoms with Gasteiger partial charge in [0.1, 0.15) is 12.2 Å². The molecule has 0 atom stereocenters. The molecule has 4 nitrogen and oxygen atoms in total. The first-order valence-corrected chi connectivity index (χ1v) is 10.1. The Kier molecular flexibility index (Phi) is 5.84. The van der Waals surface area contributed by atoms with Crippen molar-refractivity contribution in [1.29, 1.82) is 0 Å². The van der Waals surface area contributed by atoms with Crippen LogP contribution in [0.1, 0.15) is 31.1 Å². The molecular weight excluding hydrogens is 308 g/mol. The highest BCUT2D eigenvalue weighted by atomic mass is 35.5. The van der Waals surface area contributed by atoms with E-state index in [0.29, 0.717) is 11.6 Å². The van der Waals surface area contributed by atoms with Crippen molar-refractivity contribution in [2.75, 3.05) is 13.2 Å². The predicted molar refractivity (Wildman–Crippen MR) is 87.1 cm³/mol. The molecule has 6 heteroatoms. The van der Waals surface area contributed by atoms with Crippen molar-refractivity contribution >= 4 is 25.9 Å². The molecule has 1 N–H and O–H groups in total. The van der Waals surface area contributed by atoms with E-state index in [0.717, 1.165) is 0 Å². The second-order valence-electron chi connectivity index (χ2n) is 6.38. The smallest absolute Gasteiger partial charge is 0.339 e. The molecule has 0 aromatic heterocycles. The summed E-state index contributed by atoms with van der Waals surface area (Å²) in [5.74, 6) is -0.858. The summed E-state index contributed by atoms with van der Waals surface area (Å²) in [4.78, 5) is 11.1. The number of rotatable bonds is 6. The number of hydrogen-bond donors (Lipinski definition) is 1. The SMILES string of the molecule is CC(C)(C)[Si](C)(C)OCCOc1c(Cl)cccc1C(=O)O. The maximum absolute atomic E-state index is 11.1. The van der Waals surface area contributed by atoms with Crippen molar-refractivity contribution in [2.45, 2.75) is 38.9 Å². The van der Waals surface area contributed by atoms with Gasteiger partial charge in [-0.05, 0) is 30.3 Å². The van der Waals surface area contributed by atoms with Crippen LogP contribution in [0.15, 0.2) is 18.2 Å². The molecule has 21 heavy (non-hydrogen) atoms. The molecule has 0 bridgehead atoms. The Morgan fingerprint density at radius 2 is 1.90 bits per heavy atom. The van der Waals surface area contributed by atoms with Crippen molar-refractivity contribution in [3.63, 3.8) is 0 Å². The van der Waals surface area contributed by atoms with E-state index < -0.39 is 14.3 Å². The van der Waals surface area contributed by atoms with Crippen LogP contribution in [0.2, 0.25) is 23.2 Å². The molecule has 0 saturated heterocycles. The Hall–Kier alpha value is -1.04. The highest BCUT2D eigenvalue weighted by molar-refractivity contribution is 6.74. The van der Waals surface area contributed by atoms with E-state index in [1.165, 1.54) is 6.07 Å². The first kappa shape index (κ1) is 18.0. The number of halogens is 1. The average Bonchev–Trinajstić information content (AvgIpc) is 2.34. The molecule has 0 amide bonds. The lowest BCUT2D eigenvalue weighted by Gasteiger charge is -2.36. The second-order valence-corrected chi connectivity index (χ2v) is 11.6. The number of hydrogen-bond acceptors (Lipinski definition) is 3. The summed E-state index contributed by atoms with van der Waals surface area (Å²) in [6.07, 6.45) is 0. The van der Waals surface area contributed by atoms with Crippen molar-refractivity contribution in [1.82, 2.24) is 0 Å². The summed E-state index contributed by atoms with van der Waals surface area (Å²) >= 11 is 5.99. The maximum atomic E-state index is 11.1. The number of aromatic carboxylic acids is 1. The fraction of sp³-hybridized carbons (Fsp3) is 0.533. The van der Waals surface area contributed by atoms with E-state index in [9.17, 15) is 4.79 Å². The fourth-order valence-corrected chi connectivity index (χ4v) is 2.74. The Bertz CT molecular complexity index is 509. The largest absolute Gasteiger partial charge is 0.489 e. The van der Waals surface area contributed by atoms with E-state index in [1.807, 2.05) is 0 Å². The minimum atomic E-state index is -1.82. The molecule has 0 heterocycles. The van der Waals surface area contributed by atoms with E-state index in [1.54, 1.807) is 12.1 Å². The lowest BCUT2D eigenvalue weighted by atomic mass is 10.2. The van der Waals surface area contributed by atoms with E-state index in [2.05, 4.69) is 33.9 Å². The van der Waals surface area contributed by atoms with Crippen molar-refractivity contribution < 1.29 is 19.1 Å². The van der Waals surface area contributed by atoms with Gasteiger partial charge >= 0.3 is 5.97 Å². The third-order valence-electron chi connectivity index (χ3n) is 3.80. The number of ether oxygens (including phenoxy) is 1. The molecule has 1 rings (SSSR count). The van der Waals surface area contributed by atoms with Crippen LogP contribution in [-0.2, 0) is 4.43 Å². The van der Waals surface area contributed by atoms with Gasteiger partial charge in [-0.15, -0.1) is 0 Å². The summed E-state index contributed by atoms with van der Waals surface area (Å²) in [7, 11) is -1.82. The molecule has 0 spiro atoms. The van der Waals surface area contributed by atoms with Crippen LogP contribution in [0.5, 0.6) is 5.75 Å². The number of benzene rings is 1. The summed E-state index contributed by atoms with van der Waals surface area (Å²) in [5.41, 5.74) is 0.0647. The molecular formula is C15H23ClO4Si. The van der Waals surface area contributed by atoms with Gasteiger partial charge in [0, 0.05) is 0 Å². The van der Waals surface area contributed by atoms with E-state index >= 15 is 0 Å². The molecule has 0 unspecified atom stereocenters. The minimum Gasteiger partial charge on any atom is -0.489 e. The monoisotopic (exact) mass is 330 g/mol. The lowest BCUT2D eigenvalue weighted by Crippen LogP contribution is -2.41. The molecule has 0 aliphatic carbocycles. The zero-order valence-corrected chi connectivity index (χ0v) is 15.0. The van der Waals surface area contributed by atoms with Gasteiger partial charge in [0.05, 0.1) is 11.6 Å². The Morgan fingerprint density at radius 1 is 1.29 bits per heavy atom. The van der Waals surface area contributed by atoms with E-state index in [4.69, 9.17) is 25.9 Å². The van der Waals surface area contributed by atoms with Gasteiger partial charge in [-0.2, -0.15) is 0 Å². The predicted octanol–water partition coefficient (Wildman–Crippen LogP) is 4.44. The number of carboxylic acid groups (broad SMARTS) is 1. The fourth-order valence-electron chi connectivity index (χ4n) is 1.48. The minimum absolute atomic E-state index is 0.0647. The molecule has 1 aromatic rings. The highest BCUT2D eigenvalue weighted by Gasteiger charge is 2.36.